The number of ether oxygens (including phenoxy) is 1. The molecule has 2 aromatic rings. The lowest BCUT2D eigenvalue weighted by Crippen LogP contribution is -2.44. The number of rotatable bonds is 5. The molecule has 0 radical (unpaired) electrons. The molecule has 1 aromatic heterocycles. The van der Waals surface area contributed by atoms with Gasteiger partial charge in [-0.15, -0.1) is 0 Å². The van der Waals surface area contributed by atoms with E-state index in [9.17, 15) is 9.18 Å². The number of nitrogens with one attached hydrogen (secondary N) is 2. The molecule has 7 heteroatoms. The molecule has 2 N–H and O–H groups in total. The van der Waals surface area contributed by atoms with Crippen LogP contribution in [0.4, 0.5) is 9.52 Å². The van der Waals surface area contributed by atoms with Crippen LogP contribution in [0, 0.1) is 5.82 Å². The Bertz CT molecular complexity index is 713. The number of halogens is 1. The second kappa shape index (κ2) is 7.27. The standard InChI is InChI=1S/C17H20FN3O2S/c1-19-16-20-10-14(24-16)15(22)21-11-17(5-7-23-8-6-17)12-3-2-4-13(18)9-12/h2-4,9-10H,5-8,11H2,1H3,(H,19,20)(H,21,22). The topological polar surface area (TPSA) is 63.2 Å². The van der Waals surface area contributed by atoms with Crippen LogP contribution in [0.5, 0.6) is 0 Å². The minimum atomic E-state index is -0.299. The average Bonchev–Trinajstić information content (AvgIpc) is 3.10. The Hall–Kier alpha value is -1.99. The third-order valence-corrected chi connectivity index (χ3v) is 5.43. The van der Waals surface area contributed by atoms with E-state index in [-0.39, 0.29) is 17.1 Å². The largest absolute Gasteiger partial charge is 0.381 e. The minimum absolute atomic E-state index is 0.156. The fourth-order valence-electron chi connectivity index (χ4n) is 2.98. The minimum Gasteiger partial charge on any atom is -0.381 e. The number of hydrogen-bond donors (Lipinski definition) is 2. The molecule has 0 saturated carbocycles. The van der Waals surface area contributed by atoms with E-state index < -0.39 is 0 Å². The molecular formula is C17H20FN3O2S. The maximum absolute atomic E-state index is 13.7. The van der Waals surface area contributed by atoms with Crippen molar-refractivity contribution in [1.29, 1.82) is 0 Å². The van der Waals surface area contributed by atoms with Gasteiger partial charge in [-0.05, 0) is 30.5 Å². The molecule has 0 atom stereocenters. The Morgan fingerprint density at radius 1 is 1.42 bits per heavy atom. The van der Waals surface area contributed by atoms with Gasteiger partial charge >= 0.3 is 0 Å². The SMILES string of the molecule is CNc1ncc(C(=O)NCC2(c3cccc(F)c3)CCOCC2)s1. The molecule has 128 valence electrons. The highest BCUT2D eigenvalue weighted by molar-refractivity contribution is 7.17. The van der Waals surface area contributed by atoms with Crippen LogP contribution in [-0.4, -0.2) is 37.7 Å². The molecule has 2 heterocycles. The van der Waals surface area contributed by atoms with Crippen LogP contribution < -0.4 is 10.6 Å². The van der Waals surface area contributed by atoms with E-state index in [1.807, 2.05) is 6.07 Å². The predicted octanol–water partition coefficient (Wildman–Crippen LogP) is 2.80. The maximum atomic E-state index is 13.7. The summed E-state index contributed by atoms with van der Waals surface area (Å²) in [4.78, 5) is 17.1. The molecule has 1 amide bonds. The summed E-state index contributed by atoms with van der Waals surface area (Å²) in [6.45, 7) is 1.67. The molecule has 24 heavy (non-hydrogen) atoms. The number of thiazole rings is 1. The number of amides is 1. The van der Waals surface area contributed by atoms with Gasteiger partial charge in [0.05, 0.1) is 6.20 Å². The quantitative estimate of drug-likeness (QED) is 0.871. The van der Waals surface area contributed by atoms with E-state index in [1.54, 1.807) is 25.4 Å². The van der Waals surface area contributed by atoms with Crippen LogP contribution in [0.15, 0.2) is 30.5 Å². The number of benzene rings is 1. The first-order valence-corrected chi connectivity index (χ1v) is 8.70. The molecule has 1 fully saturated rings. The molecule has 0 spiro atoms. The van der Waals surface area contributed by atoms with E-state index >= 15 is 0 Å². The number of aromatic nitrogens is 1. The van der Waals surface area contributed by atoms with Crippen molar-refractivity contribution in [3.05, 3.63) is 46.7 Å². The summed E-state index contributed by atoms with van der Waals surface area (Å²) >= 11 is 1.31. The number of carbonyl (C=O) groups is 1. The zero-order chi connectivity index (χ0) is 17.0. The Kier molecular flexibility index (Phi) is 5.11. The molecule has 5 nitrogen and oxygen atoms in total. The van der Waals surface area contributed by atoms with Gasteiger partial charge in [-0.25, -0.2) is 9.37 Å². The summed E-state index contributed by atoms with van der Waals surface area (Å²) in [7, 11) is 1.77. The predicted molar refractivity (Wildman–Crippen MR) is 92.1 cm³/mol. The summed E-state index contributed by atoms with van der Waals surface area (Å²) in [6, 6.07) is 6.63. The summed E-state index contributed by atoms with van der Waals surface area (Å²) in [5.41, 5.74) is 0.610. The van der Waals surface area contributed by atoms with Crippen molar-refractivity contribution in [3.8, 4) is 0 Å². The lowest BCUT2D eigenvalue weighted by atomic mass is 9.74. The van der Waals surface area contributed by atoms with Gasteiger partial charge in [0.25, 0.3) is 5.91 Å². The van der Waals surface area contributed by atoms with Crippen LogP contribution in [0.25, 0.3) is 0 Å². The molecule has 0 unspecified atom stereocenters. The summed E-state index contributed by atoms with van der Waals surface area (Å²) in [6.07, 6.45) is 3.06. The van der Waals surface area contributed by atoms with Crippen LogP contribution in [-0.2, 0) is 10.2 Å². The van der Waals surface area contributed by atoms with Crippen molar-refractivity contribution in [1.82, 2.24) is 10.3 Å². The molecule has 1 aliphatic rings. The van der Waals surface area contributed by atoms with Gasteiger partial charge in [0.2, 0.25) is 0 Å². The van der Waals surface area contributed by atoms with E-state index in [2.05, 4.69) is 15.6 Å². The van der Waals surface area contributed by atoms with Gasteiger partial charge in [0.1, 0.15) is 10.7 Å². The van der Waals surface area contributed by atoms with E-state index in [4.69, 9.17) is 4.74 Å². The second-order valence-electron chi connectivity index (χ2n) is 5.87. The third kappa shape index (κ3) is 3.57. The zero-order valence-corrected chi connectivity index (χ0v) is 14.3. The van der Waals surface area contributed by atoms with Crippen molar-refractivity contribution in [2.45, 2.75) is 18.3 Å². The van der Waals surface area contributed by atoms with Crippen LogP contribution >= 0.6 is 11.3 Å². The Balaban J connectivity index is 1.76. The lowest BCUT2D eigenvalue weighted by molar-refractivity contribution is 0.0486. The maximum Gasteiger partial charge on any atom is 0.263 e. The van der Waals surface area contributed by atoms with E-state index in [0.29, 0.717) is 29.8 Å². The van der Waals surface area contributed by atoms with E-state index in [1.165, 1.54) is 17.4 Å². The molecule has 1 saturated heterocycles. The van der Waals surface area contributed by atoms with Crippen molar-refractivity contribution in [2.75, 3.05) is 32.1 Å². The van der Waals surface area contributed by atoms with E-state index in [0.717, 1.165) is 18.4 Å². The highest BCUT2D eigenvalue weighted by Crippen LogP contribution is 2.34. The van der Waals surface area contributed by atoms with Gasteiger partial charge < -0.3 is 15.4 Å². The molecule has 0 bridgehead atoms. The molecule has 1 aromatic carbocycles. The summed E-state index contributed by atoms with van der Waals surface area (Å²) < 4.78 is 19.1. The molecule has 0 aliphatic carbocycles. The zero-order valence-electron chi connectivity index (χ0n) is 13.5. The number of nitrogens with zero attached hydrogens (tertiary/aromatic N) is 1. The fraction of sp³-hybridized carbons (Fsp3) is 0.412. The van der Waals surface area contributed by atoms with Gasteiger partial charge in [0, 0.05) is 32.2 Å². The monoisotopic (exact) mass is 349 g/mol. The van der Waals surface area contributed by atoms with Crippen molar-refractivity contribution < 1.29 is 13.9 Å². The van der Waals surface area contributed by atoms with Gasteiger partial charge in [0.15, 0.2) is 5.13 Å². The van der Waals surface area contributed by atoms with Crippen molar-refractivity contribution >= 4 is 22.4 Å². The third-order valence-electron chi connectivity index (χ3n) is 4.42. The van der Waals surface area contributed by atoms with Crippen LogP contribution in [0.2, 0.25) is 0 Å². The van der Waals surface area contributed by atoms with Gasteiger partial charge in [-0.3, -0.25) is 4.79 Å². The average molecular weight is 349 g/mol. The second-order valence-corrected chi connectivity index (χ2v) is 6.90. The first kappa shape index (κ1) is 16.9. The highest BCUT2D eigenvalue weighted by Gasteiger charge is 2.35. The van der Waals surface area contributed by atoms with Gasteiger partial charge in [-0.2, -0.15) is 0 Å². The fourth-order valence-corrected chi connectivity index (χ4v) is 3.67. The Labute approximate surface area is 144 Å². The number of carbonyl (C=O) groups excluding carboxylic acids is 1. The number of anilines is 1. The first-order chi connectivity index (χ1) is 11.6. The smallest absolute Gasteiger partial charge is 0.263 e. The Morgan fingerprint density at radius 2 is 2.21 bits per heavy atom. The van der Waals surface area contributed by atoms with Crippen molar-refractivity contribution in [2.24, 2.45) is 0 Å². The highest BCUT2D eigenvalue weighted by atomic mass is 32.1. The summed E-state index contributed by atoms with van der Waals surface area (Å²) in [5.74, 6) is -0.415. The van der Waals surface area contributed by atoms with Crippen LogP contribution in [0.1, 0.15) is 28.1 Å². The van der Waals surface area contributed by atoms with Gasteiger partial charge in [-0.1, -0.05) is 23.5 Å². The first-order valence-electron chi connectivity index (χ1n) is 7.88. The Morgan fingerprint density at radius 3 is 2.88 bits per heavy atom. The normalized spacial score (nSPS) is 16.6. The molecule has 1 aliphatic heterocycles. The van der Waals surface area contributed by atoms with Crippen molar-refractivity contribution in [3.63, 3.8) is 0 Å². The molecule has 3 rings (SSSR count). The molecular weight excluding hydrogens is 329 g/mol. The lowest BCUT2D eigenvalue weighted by Gasteiger charge is -2.38. The van der Waals surface area contributed by atoms with Crippen LogP contribution in [0.3, 0.4) is 0 Å². The summed E-state index contributed by atoms with van der Waals surface area (Å²) in [5, 5.41) is 6.61. The number of hydrogen-bond acceptors (Lipinski definition) is 5.